The average molecular weight is 150 g/mol. The van der Waals surface area contributed by atoms with Gasteiger partial charge in [-0.25, -0.2) is 0 Å². The lowest BCUT2D eigenvalue weighted by molar-refractivity contribution is 0.111. The topological polar surface area (TPSA) is 34.9 Å². The SMILES string of the molecule is Cn1nc2c(c1C=O)CCC2. The second-order valence-corrected chi connectivity index (χ2v) is 2.91. The van der Waals surface area contributed by atoms with E-state index in [0.29, 0.717) is 0 Å². The van der Waals surface area contributed by atoms with Gasteiger partial charge in [-0.3, -0.25) is 9.48 Å². The maximum absolute atomic E-state index is 10.6. The molecule has 0 saturated carbocycles. The van der Waals surface area contributed by atoms with Crippen LogP contribution in [0.2, 0.25) is 0 Å². The van der Waals surface area contributed by atoms with Crippen molar-refractivity contribution in [2.75, 3.05) is 0 Å². The fourth-order valence-corrected chi connectivity index (χ4v) is 1.69. The van der Waals surface area contributed by atoms with Crippen molar-refractivity contribution >= 4 is 6.29 Å². The van der Waals surface area contributed by atoms with Gasteiger partial charge >= 0.3 is 0 Å². The Kier molecular flexibility index (Phi) is 1.31. The molecule has 2 rings (SSSR count). The van der Waals surface area contributed by atoms with Crippen molar-refractivity contribution in [1.29, 1.82) is 0 Å². The van der Waals surface area contributed by atoms with Crippen molar-refractivity contribution in [3.05, 3.63) is 17.0 Å². The molecule has 0 bridgehead atoms. The van der Waals surface area contributed by atoms with Crippen LogP contribution < -0.4 is 0 Å². The smallest absolute Gasteiger partial charge is 0.168 e. The van der Waals surface area contributed by atoms with E-state index >= 15 is 0 Å². The van der Waals surface area contributed by atoms with Crippen LogP contribution in [0.3, 0.4) is 0 Å². The summed E-state index contributed by atoms with van der Waals surface area (Å²) in [7, 11) is 1.82. The summed E-state index contributed by atoms with van der Waals surface area (Å²) >= 11 is 0. The zero-order valence-corrected chi connectivity index (χ0v) is 6.50. The second kappa shape index (κ2) is 2.19. The molecule has 3 nitrogen and oxygen atoms in total. The first-order valence-corrected chi connectivity index (χ1v) is 3.83. The fourth-order valence-electron chi connectivity index (χ4n) is 1.69. The molecule has 0 N–H and O–H groups in total. The van der Waals surface area contributed by atoms with Crippen LogP contribution in [0, 0.1) is 0 Å². The van der Waals surface area contributed by atoms with E-state index in [2.05, 4.69) is 5.10 Å². The number of nitrogens with zero attached hydrogens (tertiary/aromatic N) is 2. The number of rotatable bonds is 1. The van der Waals surface area contributed by atoms with Gasteiger partial charge in [0, 0.05) is 12.6 Å². The molecule has 1 heterocycles. The van der Waals surface area contributed by atoms with Crippen LogP contribution in [0.5, 0.6) is 0 Å². The van der Waals surface area contributed by atoms with Crippen molar-refractivity contribution in [1.82, 2.24) is 9.78 Å². The minimum absolute atomic E-state index is 0.762. The standard InChI is InChI=1S/C8H10N2O/c1-10-8(5-11)6-3-2-4-7(6)9-10/h5H,2-4H2,1H3. The second-order valence-electron chi connectivity index (χ2n) is 2.91. The third kappa shape index (κ3) is 0.803. The number of aldehydes is 1. The number of carbonyl (C=O) groups excluding carboxylic acids is 1. The number of carbonyl (C=O) groups is 1. The lowest BCUT2D eigenvalue weighted by Crippen LogP contribution is -1.99. The van der Waals surface area contributed by atoms with E-state index in [-0.39, 0.29) is 0 Å². The van der Waals surface area contributed by atoms with Crippen LogP contribution >= 0.6 is 0 Å². The van der Waals surface area contributed by atoms with Gasteiger partial charge in [0.15, 0.2) is 6.29 Å². The Morgan fingerprint density at radius 2 is 2.36 bits per heavy atom. The van der Waals surface area contributed by atoms with Crippen LogP contribution in [0.15, 0.2) is 0 Å². The van der Waals surface area contributed by atoms with Gasteiger partial charge in [0.05, 0.1) is 5.69 Å². The lowest BCUT2D eigenvalue weighted by atomic mass is 10.2. The van der Waals surface area contributed by atoms with Gasteiger partial charge in [0.25, 0.3) is 0 Å². The molecule has 0 amide bonds. The molecular weight excluding hydrogens is 140 g/mol. The highest BCUT2D eigenvalue weighted by molar-refractivity contribution is 5.75. The first-order valence-electron chi connectivity index (χ1n) is 3.83. The molecule has 1 aromatic rings. The molecule has 1 aliphatic rings. The van der Waals surface area contributed by atoms with Gasteiger partial charge in [-0.15, -0.1) is 0 Å². The largest absolute Gasteiger partial charge is 0.296 e. The number of hydrogen-bond donors (Lipinski definition) is 0. The summed E-state index contributed by atoms with van der Waals surface area (Å²) in [6.07, 6.45) is 4.12. The Bertz CT molecular complexity index is 301. The van der Waals surface area contributed by atoms with Gasteiger partial charge in [-0.1, -0.05) is 0 Å². The summed E-state index contributed by atoms with van der Waals surface area (Å²) in [5, 5.41) is 4.25. The third-order valence-corrected chi connectivity index (χ3v) is 2.23. The number of aromatic nitrogens is 2. The Balaban J connectivity index is 2.60. The van der Waals surface area contributed by atoms with Gasteiger partial charge in [-0.05, 0) is 19.3 Å². The molecule has 0 spiro atoms. The monoisotopic (exact) mass is 150 g/mol. The predicted molar refractivity (Wildman–Crippen MR) is 40.6 cm³/mol. The maximum Gasteiger partial charge on any atom is 0.168 e. The summed E-state index contributed by atoms with van der Waals surface area (Å²) in [6.45, 7) is 0. The Labute approximate surface area is 65.0 Å². The van der Waals surface area contributed by atoms with Crippen LogP contribution in [-0.4, -0.2) is 16.1 Å². The Morgan fingerprint density at radius 3 is 3.09 bits per heavy atom. The molecule has 0 aromatic carbocycles. The van der Waals surface area contributed by atoms with Crippen LogP contribution in [-0.2, 0) is 19.9 Å². The first kappa shape index (κ1) is 6.58. The lowest BCUT2D eigenvalue weighted by Gasteiger charge is -1.93. The number of hydrogen-bond acceptors (Lipinski definition) is 2. The van der Waals surface area contributed by atoms with Crippen LogP contribution in [0.4, 0.5) is 0 Å². The van der Waals surface area contributed by atoms with Gasteiger partial charge in [0.1, 0.15) is 5.69 Å². The molecule has 0 radical (unpaired) electrons. The van der Waals surface area contributed by atoms with Crippen molar-refractivity contribution in [3.8, 4) is 0 Å². The highest BCUT2D eigenvalue weighted by Crippen LogP contribution is 2.22. The van der Waals surface area contributed by atoms with Crippen LogP contribution in [0.25, 0.3) is 0 Å². The molecule has 1 aromatic heterocycles. The molecule has 0 aliphatic heterocycles. The molecule has 58 valence electrons. The summed E-state index contributed by atoms with van der Waals surface area (Å²) in [4.78, 5) is 10.6. The zero-order chi connectivity index (χ0) is 7.84. The quantitative estimate of drug-likeness (QED) is 0.553. The van der Waals surface area contributed by atoms with Gasteiger partial charge < -0.3 is 0 Å². The van der Waals surface area contributed by atoms with Crippen molar-refractivity contribution in [2.45, 2.75) is 19.3 Å². The fraction of sp³-hybridized carbons (Fsp3) is 0.500. The van der Waals surface area contributed by atoms with E-state index in [9.17, 15) is 4.79 Å². The maximum atomic E-state index is 10.6. The van der Waals surface area contributed by atoms with Crippen molar-refractivity contribution in [3.63, 3.8) is 0 Å². The number of aryl methyl sites for hydroxylation is 2. The van der Waals surface area contributed by atoms with Gasteiger partial charge in [0.2, 0.25) is 0 Å². The molecule has 0 atom stereocenters. The van der Waals surface area contributed by atoms with Crippen molar-refractivity contribution < 1.29 is 4.79 Å². The predicted octanol–water partition coefficient (Wildman–Crippen LogP) is 0.721. The summed E-state index contributed by atoms with van der Waals surface area (Å²) in [5.41, 5.74) is 3.05. The molecule has 0 unspecified atom stereocenters. The van der Waals surface area contributed by atoms with Gasteiger partial charge in [-0.2, -0.15) is 5.10 Å². The van der Waals surface area contributed by atoms with E-state index in [1.807, 2.05) is 7.05 Å². The first-order chi connectivity index (χ1) is 5.33. The Morgan fingerprint density at radius 1 is 1.55 bits per heavy atom. The molecule has 0 saturated heterocycles. The van der Waals surface area contributed by atoms with Crippen LogP contribution in [0.1, 0.15) is 28.2 Å². The zero-order valence-electron chi connectivity index (χ0n) is 6.50. The molecule has 1 aliphatic carbocycles. The highest BCUT2D eigenvalue weighted by Gasteiger charge is 2.19. The third-order valence-electron chi connectivity index (χ3n) is 2.23. The molecule has 0 fully saturated rings. The van der Waals surface area contributed by atoms with E-state index in [1.54, 1.807) is 4.68 Å². The van der Waals surface area contributed by atoms with E-state index in [1.165, 1.54) is 5.56 Å². The molecular formula is C8H10N2O. The summed E-state index contributed by atoms with van der Waals surface area (Å²) in [5.74, 6) is 0. The minimum atomic E-state index is 0.762. The highest BCUT2D eigenvalue weighted by atomic mass is 16.1. The van der Waals surface area contributed by atoms with Crippen molar-refractivity contribution in [2.24, 2.45) is 7.05 Å². The Hall–Kier alpha value is -1.12. The minimum Gasteiger partial charge on any atom is -0.296 e. The normalized spacial score (nSPS) is 15.0. The average Bonchev–Trinajstić information content (AvgIpc) is 2.46. The molecule has 11 heavy (non-hydrogen) atoms. The van der Waals surface area contributed by atoms with E-state index in [4.69, 9.17) is 0 Å². The van der Waals surface area contributed by atoms with E-state index in [0.717, 1.165) is 36.9 Å². The summed E-state index contributed by atoms with van der Waals surface area (Å²) in [6, 6.07) is 0. The van der Waals surface area contributed by atoms with E-state index < -0.39 is 0 Å². The summed E-state index contributed by atoms with van der Waals surface area (Å²) < 4.78 is 1.68. The molecule has 3 heteroatoms. The number of fused-ring (bicyclic) bond motifs is 1.